The second-order valence-electron chi connectivity index (χ2n) is 6.31. The van der Waals surface area contributed by atoms with Crippen LogP contribution in [0.2, 0.25) is 0 Å². The molecule has 7 nitrogen and oxygen atoms in total. The SMILES string of the molecule is COc1cccc2sc(N(Cc3ccccn3)C(=O)c3cc(C)nn3C)nc12. The Hall–Kier alpha value is -3.26. The molecular formula is C20H19N5O2S. The van der Waals surface area contributed by atoms with Crippen LogP contribution in [0.1, 0.15) is 21.9 Å². The van der Waals surface area contributed by atoms with E-state index in [2.05, 4.69) is 10.1 Å². The third-order valence-electron chi connectivity index (χ3n) is 4.33. The van der Waals surface area contributed by atoms with Gasteiger partial charge in [-0.3, -0.25) is 19.4 Å². The summed E-state index contributed by atoms with van der Waals surface area (Å²) in [4.78, 5) is 24.1. The molecule has 8 heteroatoms. The number of fused-ring (bicyclic) bond motifs is 1. The Kier molecular flexibility index (Phi) is 4.79. The lowest BCUT2D eigenvalue weighted by Gasteiger charge is -2.19. The predicted octanol–water partition coefficient (Wildman–Crippen LogP) is 3.59. The quantitative estimate of drug-likeness (QED) is 0.518. The number of para-hydroxylation sites is 1. The van der Waals surface area contributed by atoms with Crippen LogP contribution in [0.15, 0.2) is 48.7 Å². The van der Waals surface area contributed by atoms with Gasteiger partial charge in [0.1, 0.15) is 17.0 Å². The number of hydrogen-bond acceptors (Lipinski definition) is 6. The maximum atomic E-state index is 13.4. The maximum Gasteiger partial charge on any atom is 0.278 e. The monoisotopic (exact) mass is 393 g/mol. The molecule has 3 aromatic heterocycles. The molecule has 4 aromatic rings. The van der Waals surface area contributed by atoms with Crippen LogP contribution in [0.3, 0.4) is 0 Å². The first kappa shape index (κ1) is 18.1. The third kappa shape index (κ3) is 3.34. The summed E-state index contributed by atoms with van der Waals surface area (Å²) in [6, 6.07) is 13.2. The van der Waals surface area contributed by atoms with Gasteiger partial charge in [-0.05, 0) is 37.3 Å². The number of carbonyl (C=O) groups excluding carboxylic acids is 1. The molecular weight excluding hydrogens is 374 g/mol. The number of pyridine rings is 1. The molecule has 0 unspecified atom stereocenters. The van der Waals surface area contributed by atoms with E-state index in [1.165, 1.54) is 11.3 Å². The summed E-state index contributed by atoms with van der Waals surface area (Å²) in [6.45, 7) is 2.18. The summed E-state index contributed by atoms with van der Waals surface area (Å²) < 4.78 is 7.97. The van der Waals surface area contributed by atoms with Crippen molar-refractivity contribution in [2.45, 2.75) is 13.5 Å². The molecule has 0 fully saturated rings. The van der Waals surface area contributed by atoms with E-state index in [9.17, 15) is 4.79 Å². The first-order chi connectivity index (χ1) is 13.6. The Morgan fingerprint density at radius 1 is 1.25 bits per heavy atom. The number of aryl methyl sites for hydroxylation is 2. The molecule has 0 saturated heterocycles. The predicted molar refractivity (Wildman–Crippen MR) is 109 cm³/mol. The van der Waals surface area contributed by atoms with Crippen LogP contribution in [-0.4, -0.2) is 32.8 Å². The lowest BCUT2D eigenvalue weighted by Crippen LogP contribution is -2.32. The Balaban J connectivity index is 1.81. The fourth-order valence-corrected chi connectivity index (χ4v) is 4.00. The summed E-state index contributed by atoms with van der Waals surface area (Å²) >= 11 is 1.45. The van der Waals surface area contributed by atoms with Gasteiger partial charge in [0.25, 0.3) is 5.91 Å². The van der Waals surface area contributed by atoms with Crippen molar-refractivity contribution >= 4 is 32.6 Å². The van der Waals surface area contributed by atoms with Gasteiger partial charge in [-0.2, -0.15) is 5.10 Å². The Morgan fingerprint density at radius 2 is 2.11 bits per heavy atom. The number of thiazole rings is 1. The highest BCUT2D eigenvalue weighted by atomic mass is 32.1. The smallest absolute Gasteiger partial charge is 0.278 e. The number of aromatic nitrogens is 4. The Morgan fingerprint density at radius 3 is 2.79 bits per heavy atom. The minimum Gasteiger partial charge on any atom is -0.494 e. The lowest BCUT2D eigenvalue weighted by atomic mass is 10.3. The largest absolute Gasteiger partial charge is 0.494 e. The van der Waals surface area contributed by atoms with Crippen molar-refractivity contribution in [3.05, 3.63) is 65.7 Å². The highest BCUT2D eigenvalue weighted by molar-refractivity contribution is 7.22. The van der Waals surface area contributed by atoms with Gasteiger partial charge < -0.3 is 4.74 Å². The van der Waals surface area contributed by atoms with Crippen molar-refractivity contribution in [1.82, 2.24) is 19.7 Å². The molecule has 1 amide bonds. The highest BCUT2D eigenvalue weighted by Gasteiger charge is 2.25. The number of nitrogens with zero attached hydrogens (tertiary/aromatic N) is 5. The van der Waals surface area contributed by atoms with Crippen LogP contribution in [0.25, 0.3) is 10.2 Å². The molecule has 0 aliphatic carbocycles. The average molecular weight is 393 g/mol. The van der Waals surface area contributed by atoms with Crippen molar-refractivity contribution < 1.29 is 9.53 Å². The van der Waals surface area contributed by atoms with E-state index in [0.29, 0.717) is 23.1 Å². The van der Waals surface area contributed by atoms with Gasteiger partial charge in [0.2, 0.25) is 0 Å². The molecule has 0 radical (unpaired) electrons. The van der Waals surface area contributed by atoms with Crippen molar-refractivity contribution in [1.29, 1.82) is 0 Å². The van der Waals surface area contributed by atoms with Crippen LogP contribution < -0.4 is 9.64 Å². The minimum atomic E-state index is -0.174. The summed E-state index contributed by atoms with van der Waals surface area (Å²) in [6.07, 6.45) is 1.72. The fourth-order valence-electron chi connectivity index (χ4n) is 3.02. The first-order valence-corrected chi connectivity index (χ1v) is 9.54. The van der Waals surface area contributed by atoms with Gasteiger partial charge in [-0.15, -0.1) is 0 Å². The zero-order chi connectivity index (χ0) is 19.7. The van der Waals surface area contributed by atoms with E-state index in [-0.39, 0.29) is 5.91 Å². The standard InChI is InChI=1S/C20H19N5O2S/c1-13-11-15(24(2)23-13)19(26)25(12-14-7-4-5-10-21-14)20-22-18-16(27-3)8-6-9-17(18)28-20/h4-11H,12H2,1-3H3. The summed E-state index contributed by atoms with van der Waals surface area (Å²) in [5.74, 6) is 0.508. The van der Waals surface area contributed by atoms with Crippen molar-refractivity contribution in [2.75, 3.05) is 12.0 Å². The minimum absolute atomic E-state index is 0.174. The molecule has 3 heterocycles. The van der Waals surface area contributed by atoms with E-state index < -0.39 is 0 Å². The fraction of sp³-hybridized carbons (Fsp3) is 0.200. The Bertz CT molecular complexity index is 1140. The zero-order valence-corrected chi connectivity index (χ0v) is 16.6. The van der Waals surface area contributed by atoms with E-state index in [0.717, 1.165) is 21.6 Å². The van der Waals surface area contributed by atoms with Crippen LogP contribution in [0.4, 0.5) is 5.13 Å². The van der Waals surface area contributed by atoms with Gasteiger partial charge in [0.05, 0.1) is 29.7 Å². The number of anilines is 1. The van der Waals surface area contributed by atoms with Gasteiger partial charge in [0.15, 0.2) is 5.13 Å². The second-order valence-corrected chi connectivity index (χ2v) is 7.32. The molecule has 28 heavy (non-hydrogen) atoms. The van der Waals surface area contributed by atoms with E-state index in [1.807, 2.05) is 43.3 Å². The number of benzene rings is 1. The molecule has 0 spiro atoms. The number of carbonyl (C=O) groups is 1. The van der Waals surface area contributed by atoms with Crippen LogP contribution >= 0.6 is 11.3 Å². The highest BCUT2D eigenvalue weighted by Crippen LogP contribution is 2.35. The molecule has 0 aliphatic heterocycles. The molecule has 0 atom stereocenters. The number of amides is 1. The van der Waals surface area contributed by atoms with E-state index >= 15 is 0 Å². The van der Waals surface area contributed by atoms with Crippen LogP contribution in [0.5, 0.6) is 5.75 Å². The third-order valence-corrected chi connectivity index (χ3v) is 5.38. The summed E-state index contributed by atoms with van der Waals surface area (Å²) in [5, 5.41) is 4.89. The average Bonchev–Trinajstić information content (AvgIpc) is 3.28. The lowest BCUT2D eigenvalue weighted by molar-refractivity contribution is 0.0975. The maximum absolute atomic E-state index is 13.4. The van der Waals surface area contributed by atoms with Crippen LogP contribution in [0, 0.1) is 6.92 Å². The van der Waals surface area contributed by atoms with Crippen LogP contribution in [-0.2, 0) is 13.6 Å². The molecule has 0 saturated carbocycles. The van der Waals surface area contributed by atoms with Crippen molar-refractivity contribution in [3.63, 3.8) is 0 Å². The Labute approximate surface area is 166 Å². The molecule has 0 N–H and O–H groups in total. The number of ether oxygens (including phenoxy) is 1. The number of methoxy groups -OCH3 is 1. The van der Waals surface area contributed by atoms with E-state index in [4.69, 9.17) is 9.72 Å². The number of rotatable bonds is 5. The van der Waals surface area contributed by atoms with Gasteiger partial charge in [0, 0.05) is 13.2 Å². The van der Waals surface area contributed by atoms with Crippen molar-refractivity contribution in [2.24, 2.45) is 7.05 Å². The molecule has 0 bridgehead atoms. The zero-order valence-electron chi connectivity index (χ0n) is 15.8. The number of hydrogen-bond donors (Lipinski definition) is 0. The normalized spacial score (nSPS) is 11.0. The summed E-state index contributed by atoms with van der Waals surface area (Å²) in [5.41, 5.74) is 2.81. The van der Waals surface area contributed by atoms with Gasteiger partial charge in [-0.25, -0.2) is 4.98 Å². The van der Waals surface area contributed by atoms with Crippen molar-refractivity contribution in [3.8, 4) is 5.75 Å². The van der Waals surface area contributed by atoms with Gasteiger partial charge >= 0.3 is 0 Å². The topological polar surface area (TPSA) is 73.1 Å². The molecule has 4 rings (SSSR count). The first-order valence-electron chi connectivity index (χ1n) is 8.73. The summed E-state index contributed by atoms with van der Waals surface area (Å²) in [7, 11) is 3.38. The van der Waals surface area contributed by atoms with E-state index in [1.54, 1.807) is 36.0 Å². The molecule has 1 aromatic carbocycles. The molecule has 142 valence electrons. The molecule has 0 aliphatic rings. The second kappa shape index (κ2) is 7.40. The van der Waals surface area contributed by atoms with Gasteiger partial charge in [-0.1, -0.05) is 23.5 Å².